The van der Waals surface area contributed by atoms with Crippen LogP contribution >= 0.6 is 0 Å². The van der Waals surface area contributed by atoms with Gasteiger partial charge in [-0.05, 0) is 223 Å². The van der Waals surface area contributed by atoms with Gasteiger partial charge in [0.2, 0.25) is 0 Å². The third-order valence-corrected chi connectivity index (χ3v) is 22.2. The number of fused-ring (bicyclic) bond motifs is 4. The lowest BCUT2D eigenvalue weighted by atomic mass is 9.77. The average Bonchev–Trinajstić information content (AvgIpc) is 0.718. The van der Waals surface area contributed by atoms with E-state index in [1.54, 1.807) is 60.7 Å². The molecule has 0 bridgehead atoms. The van der Waals surface area contributed by atoms with E-state index in [0.717, 1.165) is 99.3 Å². The van der Waals surface area contributed by atoms with Gasteiger partial charge in [-0.2, -0.15) is 0 Å². The number of rotatable bonds is 14. The fraction of sp³-hybridized carbons (Fsp3) is 0.383. The van der Waals surface area contributed by atoms with E-state index in [-0.39, 0.29) is 72.4 Å². The first-order valence-corrected chi connectivity index (χ1v) is 37.0. The third kappa shape index (κ3) is 21.5. The molecule has 0 unspecified atom stereocenters. The zero-order valence-electron chi connectivity index (χ0n) is 66.4. The normalized spacial score (nSPS) is 11.8. The van der Waals surface area contributed by atoms with Crippen molar-refractivity contribution < 1.29 is 51.1 Å². The van der Waals surface area contributed by atoms with E-state index in [1.807, 2.05) is 104 Å². The largest absolute Gasteiger partial charge is 0.508 e. The smallest absolute Gasteiger partial charge is 0.157 e. The van der Waals surface area contributed by atoms with Crippen molar-refractivity contribution in [3.63, 3.8) is 0 Å². The predicted molar refractivity (Wildman–Crippen MR) is 440 cm³/mol. The number of aryl methyl sites for hydroxylation is 1. The van der Waals surface area contributed by atoms with E-state index in [4.69, 9.17) is 10.2 Å². The molecule has 11 aromatic carbocycles. The van der Waals surface area contributed by atoms with Crippen molar-refractivity contribution >= 4 is 43.1 Å². The second-order valence-corrected chi connectivity index (χ2v) is 32.0. The van der Waals surface area contributed by atoms with Crippen LogP contribution in [0.3, 0.4) is 0 Å². The molecule has 0 heterocycles. The van der Waals surface area contributed by atoms with Gasteiger partial charge in [-0.25, -0.2) is 0 Å². The van der Waals surface area contributed by atoms with Crippen LogP contribution in [0.15, 0.2) is 194 Å². The fourth-order valence-electron chi connectivity index (χ4n) is 11.9. The maximum absolute atomic E-state index is 10.6. The molecule has 10 N–H and O–H groups in total. The minimum Gasteiger partial charge on any atom is -0.508 e. The Labute approximate surface area is 622 Å². The molecule has 0 aromatic heterocycles. The third-order valence-electron chi connectivity index (χ3n) is 22.2. The van der Waals surface area contributed by atoms with Crippen LogP contribution in [0.25, 0.3) is 43.1 Å². The quantitative estimate of drug-likeness (QED) is 0.0369. The molecule has 0 aliphatic rings. The van der Waals surface area contributed by atoms with Crippen molar-refractivity contribution in [2.45, 2.75) is 235 Å². The van der Waals surface area contributed by atoms with Crippen LogP contribution in [0.2, 0.25) is 0 Å². The standard InChI is InChI=1S/C19H20O.C15H18O2.C15H18O.C12H18O.2C11H16O2.C11H16O/c1-4-19(2,3)17-13-9-5-7-11-15(13)18(20)16-12-8-6-10-14(16)17;1-4-15(2,3)13-7-8-14(17)12-9-10(16)5-6-11(12)13;1-4-15(2,3)13-9-10-14(16)12-8-6-5-7-11(12)13;1-5-12(3,4)10-6-7-11(13)9(2)8-10;1-4-11(2,3)8-5-9(12)7-10(13)6-8;1-4-11(2,3)8-5-6-9(12)10(13)7-8;1-4-11(2,3)9-5-7-10(12)8-6-9/h5-12,20H,4H2,1-3H3;5-9,16-17H,4H2,1-3H3;5-10,16H,4H2,1-3H3;6-8,13H,5H2,1-4H3;2*5-7,12-13H,4H2,1-3H3;5-8,12H,4H2,1-3H3. The Kier molecular flexibility index (Phi) is 29.3. The van der Waals surface area contributed by atoms with Gasteiger partial charge in [0.05, 0.1) is 0 Å². The van der Waals surface area contributed by atoms with Crippen LogP contribution in [0, 0.1) is 6.92 Å². The van der Waals surface area contributed by atoms with Crippen LogP contribution in [-0.4, -0.2) is 51.1 Å². The van der Waals surface area contributed by atoms with Gasteiger partial charge in [-0.1, -0.05) is 267 Å². The van der Waals surface area contributed by atoms with Crippen LogP contribution in [0.4, 0.5) is 0 Å². The topological polar surface area (TPSA) is 202 Å². The van der Waals surface area contributed by atoms with Gasteiger partial charge in [0.25, 0.3) is 0 Å². The van der Waals surface area contributed by atoms with E-state index in [0.29, 0.717) is 28.4 Å². The summed E-state index contributed by atoms with van der Waals surface area (Å²) in [6.45, 7) is 47.7. The van der Waals surface area contributed by atoms with Crippen molar-refractivity contribution in [3.8, 4) is 57.5 Å². The number of benzene rings is 11. The van der Waals surface area contributed by atoms with E-state index in [9.17, 15) is 40.9 Å². The molecule has 11 rings (SSSR count). The Hall–Kier alpha value is -9.54. The molecule has 0 atom stereocenters. The Bertz CT molecular complexity index is 4470. The van der Waals surface area contributed by atoms with Gasteiger partial charge in [0.1, 0.15) is 46.0 Å². The van der Waals surface area contributed by atoms with Crippen molar-refractivity contribution in [3.05, 3.63) is 239 Å². The van der Waals surface area contributed by atoms with Gasteiger partial charge in [0.15, 0.2) is 11.5 Å². The SMILES string of the molecule is CCC(C)(C)c1c2ccccc2c(O)c2ccccc12.CCC(C)(C)c1cc(O)cc(O)c1.CCC(C)(C)c1ccc(O)c(C)c1.CCC(C)(C)c1ccc(O)c(O)c1.CCC(C)(C)c1ccc(O)c2cc(O)ccc12.CCC(C)(C)c1ccc(O)c2ccccc12.CCC(C)(C)c1ccc(O)cc1. The molecule has 0 radical (unpaired) electrons. The Morgan fingerprint density at radius 1 is 0.221 bits per heavy atom. The molecule has 104 heavy (non-hydrogen) atoms. The summed E-state index contributed by atoms with van der Waals surface area (Å²) in [6.07, 6.45) is 7.35. The summed E-state index contributed by atoms with van der Waals surface area (Å²) in [5.74, 6) is 2.02. The lowest BCUT2D eigenvalue weighted by molar-refractivity contribution is 0.400. The molecule has 0 saturated carbocycles. The molecule has 558 valence electrons. The first-order valence-electron chi connectivity index (χ1n) is 37.0. The maximum Gasteiger partial charge on any atom is 0.157 e. The van der Waals surface area contributed by atoms with Crippen LogP contribution in [0.1, 0.15) is 235 Å². The van der Waals surface area contributed by atoms with Crippen molar-refractivity contribution in [2.24, 2.45) is 0 Å². The van der Waals surface area contributed by atoms with E-state index < -0.39 is 0 Å². The number of phenolic OH excluding ortho intramolecular Hbond substituents is 10. The Balaban J connectivity index is 0.000000220. The molecule has 10 nitrogen and oxygen atoms in total. The maximum atomic E-state index is 10.6. The highest BCUT2D eigenvalue weighted by molar-refractivity contribution is 6.09. The number of aromatic hydroxyl groups is 10. The molecule has 0 saturated heterocycles. The highest BCUT2D eigenvalue weighted by atomic mass is 16.3. The summed E-state index contributed by atoms with van der Waals surface area (Å²) >= 11 is 0. The summed E-state index contributed by atoms with van der Waals surface area (Å²) in [6, 6.07) is 60.1. The van der Waals surface area contributed by atoms with Crippen LogP contribution < -0.4 is 0 Å². The summed E-state index contributed by atoms with van der Waals surface area (Å²) in [4.78, 5) is 0. The molecule has 0 amide bonds. The van der Waals surface area contributed by atoms with Gasteiger partial charge in [-0.3, -0.25) is 0 Å². The molecular weight excluding hydrogens is 1290 g/mol. The second kappa shape index (κ2) is 35.8. The lowest BCUT2D eigenvalue weighted by Gasteiger charge is -2.27. The lowest BCUT2D eigenvalue weighted by Crippen LogP contribution is -2.16. The Morgan fingerprint density at radius 3 is 0.981 bits per heavy atom. The molecule has 11 aromatic rings. The molecule has 0 spiro atoms. The predicted octanol–water partition coefficient (Wildman–Crippen LogP) is 25.6. The zero-order chi connectivity index (χ0) is 78.1. The van der Waals surface area contributed by atoms with Crippen molar-refractivity contribution in [2.75, 3.05) is 0 Å². The molecule has 10 heteroatoms. The second-order valence-electron chi connectivity index (χ2n) is 32.0. The van der Waals surface area contributed by atoms with E-state index >= 15 is 0 Å². The van der Waals surface area contributed by atoms with Crippen molar-refractivity contribution in [1.29, 1.82) is 0 Å². The van der Waals surface area contributed by atoms with Gasteiger partial charge in [-0.15, -0.1) is 0 Å². The van der Waals surface area contributed by atoms with Crippen LogP contribution in [-0.2, 0) is 37.9 Å². The van der Waals surface area contributed by atoms with E-state index in [1.165, 1.54) is 39.9 Å². The molecule has 0 aliphatic carbocycles. The Morgan fingerprint density at radius 2 is 0.558 bits per heavy atom. The molecule has 0 fully saturated rings. The van der Waals surface area contributed by atoms with Crippen molar-refractivity contribution in [1.82, 2.24) is 0 Å². The highest BCUT2D eigenvalue weighted by Crippen LogP contribution is 2.45. The summed E-state index contributed by atoms with van der Waals surface area (Å²) in [5, 5.41) is 103. The first-order chi connectivity index (χ1) is 48.5. The fourth-order valence-corrected chi connectivity index (χ4v) is 11.9. The van der Waals surface area contributed by atoms with Crippen LogP contribution in [0.5, 0.6) is 57.5 Å². The summed E-state index contributed by atoms with van der Waals surface area (Å²) in [7, 11) is 0. The van der Waals surface area contributed by atoms with Gasteiger partial charge >= 0.3 is 0 Å². The average molecular weight is 1410 g/mol. The molecular formula is C94H122O10. The summed E-state index contributed by atoms with van der Waals surface area (Å²) in [5.41, 5.74) is 10.1. The van der Waals surface area contributed by atoms with Gasteiger partial charge in [0, 0.05) is 27.6 Å². The number of hydrogen-bond acceptors (Lipinski definition) is 10. The molecule has 0 aliphatic heterocycles. The van der Waals surface area contributed by atoms with E-state index in [2.05, 4.69) is 170 Å². The highest BCUT2D eigenvalue weighted by Gasteiger charge is 2.27. The van der Waals surface area contributed by atoms with Gasteiger partial charge < -0.3 is 51.1 Å². The number of phenols is 10. The minimum atomic E-state index is -0.0596. The monoisotopic (exact) mass is 1410 g/mol. The first kappa shape index (κ1) is 85.1. The zero-order valence-corrected chi connectivity index (χ0v) is 66.4. The summed E-state index contributed by atoms with van der Waals surface area (Å²) < 4.78 is 0. The number of hydrogen-bond donors (Lipinski definition) is 10. The minimum absolute atomic E-state index is 0.00375.